The minimum atomic E-state index is -6.21. The van der Waals surface area contributed by atoms with Crippen LogP contribution in [0.25, 0.3) is 33.5 Å². The van der Waals surface area contributed by atoms with Crippen molar-refractivity contribution in [2.45, 2.75) is 67.5 Å². The number of nitrogens with two attached hydrogens (primary N) is 3. The molecule has 4 unspecified atom stereocenters. The molecular formula is C33H45N15O24P4. The third-order valence-corrected chi connectivity index (χ3v) is 17.2. The molecule has 416 valence electrons. The normalized spacial score (nSPS) is 30.2. The Morgan fingerprint density at radius 2 is 1.34 bits per heavy atom. The molecule has 6 aromatic heterocycles. The van der Waals surface area contributed by atoms with E-state index >= 15 is 0 Å². The first kappa shape index (κ1) is 55.6. The van der Waals surface area contributed by atoms with Gasteiger partial charge in [-0.3, -0.25) is 46.9 Å². The van der Waals surface area contributed by atoms with Crippen LogP contribution in [0.5, 0.6) is 0 Å². The second-order valence-corrected chi connectivity index (χ2v) is 22.8. The molecule has 16 atom stereocenters. The van der Waals surface area contributed by atoms with Gasteiger partial charge in [0.25, 0.3) is 24.9 Å². The van der Waals surface area contributed by atoms with Crippen LogP contribution < -0.4 is 37.8 Å². The maximum atomic E-state index is 13.6. The van der Waals surface area contributed by atoms with E-state index in [0.29, 0.717) is 0 Å². The van der Waals surface area contributed by atoms with E-state index in [1.54, 1.807) is 0 Å². The Bertz CT molecular complexity index is 3490. The van der Waals surface area contributed by atoms with Gasteiger partial charge in [-0.05, 0) is 0 Å². The van der Waals surface area contributed by atoms with Gasteiger partial charge in [0.05, 0.1) is 52.2 Å². The molecule has 6 aromatic rings. The summed E-state index contributed by atoms with van der Waals surface area (Å²) in [5.74, 6) is -2.00. The number of nitrogens with one attached hydrogen (secondary N) is 2. The molecule has 0 bridgehead atoms. The van der Waals surface area contributed by atoms with E-state index in [2.05, 4.69) is 48.5 Å². The first-order valence-corrected chi connectivity index (χ1v) is 27.5. The Labute approximate surface area is 421 Å². The zero-order chi connectivity index (χ0) is 55.0. The summed E-state index contributed by atoms with van der Waals surface area (Å²) in [6.45, 7) is -4.21. The van der Waals surface area contributed by atoms with E-state index in [4.69, 9.17) is 54.2 Å². The van der Waals surface area contributed by atoms with Crippen molar-refractivity contribution in [1.29, 1.82) is 0 Å². The topological polar surface area (TPSA) is 565 Å². The smallest absolute Gasteiger partial charge is 0.490 e. The van der Waals surface area contributed by atoms with Crippen LogP contribution in [0.4, 0.5) is 17.7 Å². The predicted octanol–water partition coefficient (Wildman–Crippen LogP) is -5.09. The van der Waals surface area contributed by atoms with Gasteiger partial charge in [-0.15, -0.1) is 0 Å². The van der Waals surface area contributed by atoms with Gasteiger partial charge in [0.1, 0.15) is 54.6 Å². The van der Waals surface area contributed by atoms with Crippen LogP contribution in [0.2, 0.25) is 0 Å². The quantitative estimate of drug-likeness (QED) is 0.0251. The molecule has 3 aliphatic rings. The summed E-state index contributed by atoms with van der Waals surface area (Å²) in [6, 6.07) is 0. The van der Waals surface area contributed by atoms with E-state index < -0.39 is 142 Å². The fourth-order valence-electron chi connectivity index (χ4n) is 8.59. The number of H-pyrrole nitrogens is 2. The molecule has 15 N–H and O–H groups in total. The molecule has 3 fully saturated rings. The summed E-state index contributed by atoms with van der Waals surface area (Å²) in [5, 5.41) is 42.8. The summed E-state index contributed by atoms with van der Waals surface area (Å²) >= 11 is 0. The molecule has 0 saturated carbocycles. The fraction of sp³-hybridized carbons (Fsp3) is 0.545. The van der Waals surface area contributed by atoms with Gasteiger partial charge < -0.3 is 85.2 Å². The summed E-state index contributed by atoms with van der Waals surface area (Å²) < 4.78 is 109. The summed E-state index contributed by atoms with van der Waals surface area (Å²) in [7, 11) is -21.2. The largest absolute Gasteiger partial charge is 0.756 e. The first-order valence-electron chi connectivity index (χ1n) is 21.6. The number of hydrogen-bond acceptors (Lipinski definition) is 30. The summed E-state index contributed by atoms with van der Waals surface area (Å²) in [4.78, 5) is 98.4. The van der Waals surface area contributed by atoms with Gasteiger partial charge in [-0.2, -0.15) is 13.6 Å². The number of fused-ring (bicyclic) bond motifs is 3. The molecule has 0 radical (unpaired) electrons. The van der Waals surface area contributed by atoms with Gasteiger partial charge in [0.15, 0.2) is 41.4 Å². The zero-order valence-electron chi connectivity index (χ0n) is 38.6. The van der Waals surface area contributed by atoms with Gasteiger partial charge in [0.2, 0.25) is 17.7 Å². The molecule has 0 aliphatic carbocycles. The molecule has 39 nitrogen and oxygen atoms in total. The van der Waals surface area contributed by atoms with Crippen molar-refractivity contribution >= 4 is 82.5 Å². The Hall–Kier alpha value is -5.15. The van der Waals surface area contributed by atoms with Crippen LogP contribution in [0.3, 0.4) is 0 Å². The Balaban J connectivity index is 0.866. The molecule has 0 amide bonds. The standard InChI is InChI=1S/C33H45N15O24P4/c1-45-10-48(26-17(45)28(54)44-33(36)42-26)29-18(50)11(3-49)12(67-29)4-65-74(57,58)71-76(61,62)72-75(59,60)66-6-14-21(22(63-2)31(69-14)46-8-39-15-23(34)37-7-38-24(15)46)70-73(55,56)64-5-13-19(51)20(52)30(68-13)47-9-40-16-25(47)41-32(35)43-27(16)53/h7-14,18-22,29-31,49-52H,3-6H2,1-2H3,(H11-,34,35,36,37,38,41,42,43,44,53,54,55,56,57,58,59,60,61,62)/t11-,12-,13-,14-,18-,19-,20-,21-,22-,29-,30-,31-/m1/s1. The Morgan fingerprint density at radius 1 is 0.737 bits per heavy atom. The number of aromatic nitrogens is 12. The SMILES string of the molecule is CO[C@@H]1[C@H](OP(=O)([O-])OC[C@H]2O[C@@H](n3cnc4c(=O)[nH]c(N)nc43)[C@H](O)[C@@H]2O)[C@@H](COP(=O)(O)OP(=O)(O)OP(=O)(O)OC[C@H]2O[C@@H]([n+]3cn(C)c4c(=O)[nH]c(N)nc43)[C@H](O)[C@@H]2CO)O[C@H]1n1cnc2c(N)ncnc21. The second-order valence-electron chi connectivity index (χ2n) is 16.8. The number of imidazole rings is 3. The van der Waals surface area contributed by atoms with Crippen molar-refractivity contribution in [3.05, 3.63) is 46.0 Å². The number of anilines is 3. The van der Waals surface area contributed by atoms with Crippen molar-refractivity contribution in [3.8, 4) is 0 Å². The van der Waals surface area contributed by atoms with E-state index in [0.717, 1.165) is 30.7 Å². The summed E-state index contributed by atoms with van der Waals surface area (Å²) in [5.41, 5.74) is 15.5. The number of phosphoric acid groups is 4. The van der Waals surface area contributed by atoms with E-state index in [-0.39, 0.29) is 51.2 Å². The van der Waals surface area contributed by atoms with Crippen LogP contribution in [0.15, 0.2) is 34.9 Å². The van der Waals surface area contributed by atoms with Crippen LogP contribution >= 0.6 is 31.3 Å². The van der Waals surface area contributed by atoms with Crippen LogP contribution in [0.1, 0.15) is 18.7 Å². The minimum absolute atomic E-state index is 0.00251. The average Bonchev–Trinajstić information content (AvgIpc) is 4.18. The molecule has 9 heterocycles. The number of aliphatic hydroxyl groups excluding tert-OH is 4. The lowest BCUT2D eigenvalue weighted by Gasteiger charge is -2.31. The lowest BCUT2D eigenvalue weighted by Crippen LogP contribution is -2.45. The lowest BCUT2D eigenvalue weighted by atomic mass is 9.99. The third-order valence-electron chi connectivity index (χ3n) is 11.9. The highest BCUT2D eigenvalue weighted by Crippen LogP contribution is 2.68. The number of rotatable bonds is 20. The maximum Gasteiger partial charge on any atom is 0.490 e. The number of methoxy groups -OCH3 is 1. The maximum absolute atomic E-state index is 13.6. The van der Waals surface area contributed by atoms with Crippen molar-refractivity contribution < 1.29 is 108 Å². The van der Waals surface area contributed by atoms with E-state index in [1.165, 1.54) is 27.1 Å². The van der Waals surface area contributed by atoms with E-state index in [9.17, 15) is 67.8 Å². The van der Waals surface area contributed by atoms with Crippen molar-refractivity contribution in [2.24, 2.45) is 13.0 Å². The average molecular weight is 1160 g/mol. The number of hydrogen-bond donors (Lipinski definition) is 12. The number of nitrogen functional groups attached to an aromatic ring is 3. The second kappa shape index (κ2) is 20.9. The van der Waals surface area contributed by atoms with Crippen molar-refractivity contribution in [2.75, 3.05) is 50.7 Å². The zero-order valence-corrected chi connectivity index (χ0v) is 42.2. The fourth-order valence-corrected chi connectivity index (χ4v) is 13.1. The van der Waals surface area contributed by atoms with Crippen LogP contribution in [0, 0.1) is 5.92 Å². The summed E-state index contributed by atoms with van der Waals surface area (Å²) in [6.07, 6.45) is -13.7. The lowest BCUT2D eigenvalue weighted by molar-refractivity contribution is -0.745. The van der Waals surface area contributed by atoms with E-state index in [1.807, 2.05) is 0 Å². The highest BCUT2D eigenvalue weighted by molar-refractivity contribution is 7.66. The van der Waals surface area contributed by atoms with Gasteiger partial charge in [0, 0.05) is 13.0 Å². The number of ether oxygens (including phenoxy) is 4. The number of nitrogens with zero attached hydrogens (tertiary/aromatic N) is 10. The number of phosphoric ester groups is 3. The third kappa shape index (κ3) is 11.0. The Kier molecular flexibility index (Phi) is 15.3. The number of aryl methyl sites for hydroxylation is 1. The predicted molar refractivity (Wildman–Crippen MR) is 241 cm³/mol. The minimum Gasteiger partial charge on any atom is -0.756 e. The van der Waals surface area contributed by atoms with Gasteiger partial charge in [-0.25, -0.2) is 38.2 Å². The van der Waals surface area contributed by atoms with Crippen molar-refractivity contribution in [1.82, 2.24) is 53.6 Å². The molecular weight excluding hydrogens is 1110 g/mol. The number of aliphatic hydroxyl groups is 4. The highest BCUT2D eigenvalue weighted by Gasteiger charge is 2.53. The number of aromatic amines is 2. The molecule has 43 heteroatoms. The molecule has 3 aliphatic heterocycles. The monoisotopic (exact) mass is 1160 g/mol. The highest BCUT2D eigenvalue weighted by atomic mass is 31.3. The molecule has 0 aromatic carbocycles. The molecule has 76 heavy (non-hydrogen) atoms. The molecule has 9 rings (SSSR count). The van der Waals surface area contributed by atoms with Gasteiger partial charge >= 0.3 is 29.1 Å². The van der Waals surface area contributed by atoms with Crippen molar-refractivity contribution in [3.63, 3.8) is 0 Å². The molecule has 3 saturated heterocycles. The first-order chi connectivity index (χ1) is 35.7. The Morgan fingerprint density at radius 3 is 2.01 bits per heavy atom. The van der Waals surface area contributed by atoms with Crippen LogP contribution in [-0.2, 0) is 71.0 Å². The van der Waals surface area contributed by atoms with Crippen LogP contribution in [-0.4, -0.2) is 171 Å². The van der Waals surface area contributed by atoms with Gasteiger partial charge in [-0.1, -0.05) is 4.98 Å². The molecule has 0 spiro atoms.